The van der Waals surface area contributed by atoms with E-state index in [1.165, 1.54) is 10.6 Å². The van der Waals surface area contributed by atoms with Gasteiger partial charge in [-0.2, -0.15) is 23.4 Å². The maximum atomic E-state index is 12.5. The number of nitrogens with one attached hydrogen (secondary N) is 2. The summed E-state index contributed by atoms with van der Waals surface area (Å²) >= 11 is 0. The maximum Gasteiger partial charge on any atom is 0.397 e. The van der Waals surface area contributed by atoms with Crippen molar-refractivity contribution in [3.05, 3.63) is 42.5 Å². The molecule has 0 aliphatic carbocycles. The van der Waals surface area contributed by atoms with Crippen molar-refractivity contribution in [3.8, 4) is 11.4 Å². The van der Waals surface area contributed by atoms with Crippen molar-refractivity contribution in [2.45, 2.75) is 19.5 Å². The second-order valence-corrected chi connectivity index (χ2v) is 6.63. The SMILES string of the molecule is Cc1nc(NC(=O)CC(F)(F)F)cc(-c2c(Nc3ccn(C)n3)nc3cccnn23)n1. The van der Waals surface area contributed by atoms with Crippen molar-refractivity contribution in [1.29, 1.82) is 0 Å². The third-order valence-corrected chi connectivity index (χ3v) is 4.06. The Labute approximate surface area is 173 Å². The minimum atomic E-state index is -4.62. The summed E-state index contributed by atoms with van der Waals surface area (Å²) in [4.78, 5) is 24.6. The highest BCUT2D eigenvalue weighted by molar-refractivity contribution is 5.91. The number of hydrogen-bond donors (Lipinski definition) is 2. The summed E-state index contributed by atoms with van der Waals surface area (Å²) in [7, 11) is 1.76. The van der Waals surface area contributed by atoms with Gasteiger partial charge in [0.1, 0.15) is 23.8 Å². The van der Waals surface area contributed by atoms with Crippen LogP contribution in [0.2, 0.25) is 0 Å². The van der Waals surface area contributed by atoms with Gasteiger partial charge in [-0.1, -0.05) is 0 Å². The van der Waals surface area contributed by atoms with E-state index >= 15 is 0 Å². The van der Waals surface area contributed by atoms with Crippen LogP contribution in [0.4, 0.5) is 30.6 Å². The molecular formula is C18H16F3N9O. The molecule has 1 amide bonds. The molecule has 0 unspecified atom stereocenters. The van der Waals surface area contributed by atoms with E-state index in [1.54, 1.807) is 49.2 Å². The number of amides is 1. The van der Waals surface area contributed by atoms with Gasteiger partial charge in [-0.25, -0.2) is 19.5 Å². The van der Waals surface area contributed by atoms with Crippen LogP contribution in [0.3, 0.4) is 0 Å². The molecule has 0 aromatic carbocycles. The van der Waals surface area contributed by atoms with E-state index in [9.17, 15) is 18.0 Å². The van der Waals surface area contributed by atoms with Gasteiger partial charge in [-0.3, -0.25) is 9.48 Å². The maximum absolute atomic E-state index is 12.5. The smallest absolute Gasteiger partial charge is 0.322 e. The van der Waals surface area contributed by atoms with Crippen molar-refractivity contribution < 1.29 is 18.0 Å². The van der Waals surface area contributed by atoms with Crippen molar-refractivity contribution in [2.75, 3.05) is 10.6 Å². The van der Waals surface area contributed by atoms with Gasteiger partial charge in [-0.05, 0) is 19.1 Å². The fourth-order valence-corrected chi connectivity index (χ4v) is 2.93. The number of hydrogen-bond acceptors (Lipinski definition) is 7. The lowest BCUT2D eigenvalue weighted by Gasteiger charge is -2.10. The molecule has 13 heteroatoms. The monoisotopic (exact) mass is 431 g/mol. The quantitative estimate of drug-likeness (QED) is 0.499. The largest absolute Gasteiger partial charge is 0.397 e. The Kier molecular flexibility index (Phi) is 5.01. The zero-order valence-electron chi connectivity index (χ0n) is 16.3. The number of anilines is 3. The van der Waals surface area contributed by atoms with Gasteiger partial charge in [0.15, 0.2) is 17.3 Å². The first-order valence-corrected chi connectivity index (χ1v) is 9.01. The van der Waals surface area contributed by atoms with E-state index in [4.69, 9.17) is 0 Å². The molecular weight excluding hydrogens is 415 g/mol. The van der Waals surface area contributed by atoms with Crippen LogP contribution in [0, 0.1) is 6.92 Å². The van der Waals surface area contributed by atoms with Crippen LogP contribution >= 0.6 is 0 Å². The van der Waals surface area contributed by atoms with E-state index in [2.05, 4.69) is 35.8 Å². The van der Waals surface area contributed by atoms with Crippen LogP contribution in [0.5, 0.6) is 0 Å². The highest BCUT2D eigenvalue weighted by atomic mass is 19.4. The van der Waals surface area contributed by atoms with Gasteiger partial charge in [0.2, 0.25) is 5.91 Å². The Hall–Kier alpha value is -4.03. The number of carbonyl (C=O) groups excluding carboxylic acids is 1. The lowest BCUT2D eigenvalue weighted by atomic mass is 10.2. The van der Waals surface area contributed by atoms with Crippen LogP contribution in [0.15, 0.2) is 36.7 Å². The molecule has 0 saturated carbocycles. The molecule has 31 heavy (non-hydrogen) atoms. The molecule has 4 aromatic rings. The minimum Gasteiger partial charge on any atom is -0.322 e. The summed E-state index contributed by atoms with van der Waals surface area (Å²) in [5.74, 6) is -0.139. The standard InChI is InChI=1S/C18H16F3N9O/c1-10-23-11(8-13(24-10)25-15(31)9-18(19,20)21)16-17(26-12-5-7-29(2)28-12)27-14-4-3-6-22-30(14)16/h3-8H,9H2,1-2H3,(H,26,28)(H,23,24,25,31). The number of carbonyl (C=O) groups is 1. The fraction of sp³-hybridized carbons (Fsp3) is 0.222. The Morgan fingerprint density at radius 3 is 2.68 bits per heavy atom. The molecule has 2 N–H and O–H groups in total. The minimum absolute atomic E-state index is 0.0635. The summed E-state index contributed by atoms with van der Waals surface area (Å²) in [6.07, 6.45) is -2.93. The van der Waals surface area contributed by atoms with Crippen LogP contribution in [0.25, 0.3) is 17.0 Å². The average Bonchev–Trinajstić information content (AvgIpc) is 3.22. The first-order chi connectivity index (χ1) is 14.7. The predicted octanol–water partition coefficient (Wildman–Crippen LogP) is 2.86. The Morgan fingerprint density at radius 1 is 1.16 bits per heavy atom. The third kappa shape index (κ3) is 4.60. The van der Waals surface area contributed by atoms with Crippen LogP contribution in [0.1, 0.15) is 12.2 Å². The summed E-state index contributed by atoms with van der Waals surface area (Å²) in [5.41, 5.74) is 1.24. The predicted molar refractivity (Wildman–Crippen MR) is 105 cm³/mol. The molecule has 4 aromatic heterocycles. The molecule has 0 bridgehead atoms. The summed E-state index contributed by atoms with van der Waals surface area (Å²) < 4.78 is 40.6. The van der Waals surface area contributed by atoms with Crippen LogP contribution in [-0.4, -0.2) is 46.4 Å². The van der Waals surface area contributed by atoms with Crippen LogP contribution in [-0.2, 0) is 11.8 Å². The first-order valence-electron chi connectivity index (χ1n) is 9.01. The van der Waals surface area contributed by atoms with E-state index in [0.717, 1.165) is 0 Å². The molecule has 4 heterocycles. The number of halogens is 3. The number of aromatic nitrogens is 7. The van der Waals surface area contributed by atoms with Gasteiger partial charge in [0.25, 0.3) is 0 Å². The summed E-state index contributed by atoms with van der Waals surface area (Å²) in [6, 6.07) is 6.56. The molecule has 160 valence electrons. The van der Waals surface area contributed by atoms with Gasteiger partial charge in [0.05, 0.1) is 5.69 Å². The van der Waals surface area contributed by atoms with Crippen molar-refractivity contribution in [3.63, 3.8) is 0 Å². The Morgan fingerprint density at radius 2 is 1.97 bits per heavy atom. The van der Waals surface area contributed by atoms with E-state index < -0.39 is 18.5 Å². The van der Waals surface area contributed by atoms with Gasteiger partial charge in [-0.15, -0.1) is 0 Å². The number of aryl methyl sites for hydroxylation is 2. The van der Waals surface area contributed by atoms with Crippen molar-refractivity contribution in [1.82, 2.24) is 34.3 Å². The molecule has 0 atom stereocenters. The Bertz CT molecular complexity index is 1260. The number of nitrogens with zero attached hydrogens (tertiary/aromatic N) is 7. The van der Waals surface area contributed by atoms with E-state index in [1.807, 2.05) is 0 Å². The lowest BCUT2D eigenvalue weighted by Crippen LogP contribution is -2.21. The van der Waals surface area contributed by atoms with Crippen molar-refractivity contribution >= 4 is 29.0 Å². The van der Waals surface area contributed by atoms with E-state index in [-0.39, 0.29) is 11.6 Å². The van der Waals surface area contributed by atoms with E-state index in [0.29, 0.717) is 28.7 Å². The van der Waals surface area contributed by atoms with Crippen LogP contribution < -0.4 is 10.6 Å². The first kappa shape index (κ1) is 20.3. The molecule has 0 radical (unpaired) electrons. The molecule has 0 aliphatic heterocycles. The van der Waals surface area contributed by atoms with Gasteiger partial charge < -0.3 is 10.6 Å². The molecule has 10 nitrogen and oxygen atoms in total. The molecule has 0 spiro atoms. The average molecular weight is 431 g/mol. The summed E-state index contributed by atoms with van der Waals surface area (Å²) in [6.45, 7) is 1.56. The van der Waals surface area contributed by atoms with Gasteiger partial charge in [0, 0.05) is 31.6 Å². The summed E-state index contributed by atoms with van der Waals surface area (Å²) in [5, 5.41) is 13.8. The second kappa shape index (κ2) is 7.66. The number of imidazole rings is 1. The second-order valence-electron chi connectivity index (χ2n) is 6.63. The fourth-order valence-electron chi connectivity index (χ4n) is 2.93. The Balaban J connectivity index is 1.76. The highest BCUT2D eigenvalue weighted by Crippen LogP contribution is 2.30. The topological polar surface area (TPSA) is 115 Å². The molecule has 0 fully saturated rings. The third-order valence-electron chi connectivity index (χ3n) is 4.06. The molecule has 0 aliphatic rings. The zero-order valence-corrected chi connectivity index (χ0v) is 16.3. The van der Waals surface area contributed by atoms with Gasteiger partial charge >= 0.3 is 6.18 Å². The molecule has 4 rings (SSSR count). The normalized spacial score (nSPS) is 11.6. The number of fused-ring (bicyclic) bond motifs is 1. The lowest BCUT2D eigenvalue weighted by molar-refractivity contribution is -0.150. The molecule has 0 saturated heterocycles. The highest BCUT2D eigenvalue weighted by Gasteiger charge is 2.31. The zero-order chi connectivity index (χ0) is 22.2. The number of rotatable bonds is 5. The number of alkyl halides is 3. The van der Waals surface area contributed by atoms with Crippen molar-refractivity contribution in [2.24, 2.45) is 7.05 Å².